The lowest BCUT2D eigenvalue weighted by Crippen LogP contribution is -2.42. The summed E-state index contributed by atoms with van der Waals surface area (Å²) < 4.78 is 5.31. The van der Waals surface area contributed by atoms with Gasteiger partial charge in [0.05, 0.1) is 6.10 Å². The summed E-state index contributed by atoms with van der Waals surface area (Å²) in [5.41, 5.74) is 0. The maximum absolute atomic E-state index is 5.31. The lowest BCUT2D eigenvalue weighted by Gasteiger charge is -2.32. The van der Waals surface area contributed by atoms with Crippen molar-refractivity contribution >= 4 is 0 Å². The monoisotopic (exact) mass is 223 g/mol. The Labute approximate surface area is 99.1 Å². The average molecular weight is 223 g/mol. The Balaban J connectivity index is 1.56. The summed E-state index contributed by atoms with van der Waals surface area (Å²) in [6.07, 6.45) is 7.88. The van der Waals surface area contributed by atoms with Crippen molar-refractivity contribution < 1.29 is 4.74 Å². The zero-order valence-corrected chi connectivity index (χ0v) is 10.6. The van der Waals surface area contributed by atoms with Crippen LogP contribution in [0.2, 0.25) is 0 Å². The van der Waals surface area contributed by atoms with Crippen LogP contribution in [-0.2, 0) is 4.74 Å². The normalized spacial score (nSPS) is 47.2. The molecule has 0 spiro atoms. The molecule has 3 saturated carbocycles. The van der Waals surface area contributed by atoms with Gasteiger partial charge in [0.15, 0.2) is 0 Å². The van der Waals surface area contributed by atoms with Gasteiger partial charge in [-0.1, -0.05) is 6.42 Å². The van der Waals surface area contributed by atoms with Crippen LogP contribution in [0.5, 0.6) is 0 Å². The van der Waals surface area contributed by atoms with Gasteiger partial charge in [-0.25, -0.2) is 0 Å². The molecule has 0 aromatic rings. The lowest BCUT2D eigenvalue weighted by molar-refractivity contribution is 0.106. The number of hydrogen-bond donors (Lipinski definition) is 1. The molecule has 6 atom stereocenters. The lowest BCUT2D eigenvalue weighted by atomic mass is 9.79. The van der Waals surface area contributed by atoms with Gasteiger partial charge in [0, 0.05) is 19.7 Å². The van der Waals surface area contributed by atoms with E-state index < -0.39 is 0 Å². The van der Waals surface area contributed by atoms with Gasteiger partial charge in [-0.3, -0.25) is 0 Å². The molecule has 2 bridgehead atoms. The third kappa shape index (κ3) is 1.70. The van der Waals surface area contributed by atoms with E-state index in [1.54, 1.807) is 7.11 Å². The van der Waals surface area contributed by atoms with E-state index in [4.69, 9.17) is 4.74 Å². The van der Waals surface area contributed by atoms with Gasteiger partial charge >= 0.3 is 0 Å². The number of rotatable bonds is 4. The molecule has 0 aliphatic heterocycles. The zero-order valence-electron chi connectivity index (χ0n) is 10.6. The highest BCUT2D eigenvalue weighted by molar-refractivity contribution is 5.05. The summed E-state index contributed by atoms with van der Waals surface area (Å²) in [6, 6.07) is 0.807. The molecule has 0 aromatic heterocycles. The van der Waals surface area contributed by atoms with Crippen LogP contribution < -0.4 is 5.32 Å². The topological polar surface area (TPSA) is 21.3 Å². The molecule has 3 fully saturated rings. The molecule has 2 nitrogen and oxygen atoms in total. The van der Waals surface area contributed by atoms with Crippen molar-refractivity contribution in [3.63, 3.8) is 0 Å². The zero-order chi connectivity index (χ0) is 11.1. The van der Waals surface area contributed by atoms with Crippen molar-refractivity contribution in [3.05, 3.63) is 0 Å². The van der Waals surface area contributed by atoms with Gasteiger partial charge < -0.3 is 10.1 Å². The van der Waals surface area contributed by atoms with Gasteiger partial charge in [-0.2, -0.15) is 0 Å². The molecule has 0 radical (unpaired) electrons. The van der Waals surface area contributed by atoms with Crippen LogP contribution in [-0.4, -0.2) is 25.8 Å². The minimum atomic E-state index is 0.360. The predicted molar refractivity (Wildman–Crippen MR) is 65.3 cm³/mol. The van der Waals surface area contributed by atoms with Gasteiger partial charge in [0.25, 0.3) is 0 Å². The smallest absolute Gasteiger partial charge is 0.0667 e. The van der Waals surface area contributed by atoms with E-state index in [1.807, 2.05) is 0 Å². The molecular formula is C14H25NO. The van der Waals surface area contributed by atoms with Crippen LogP contribution in [0.3, 0.4) is 0 Å². The first-order chi connectivity index (χ1) is 7.79. The van der Waals surface area contributed by atoms with E-state index in [2.05, 4.69) is 12.2 Å². The Morgan fingerprint density at radius 3 is 2.81 bits per heavy atom. The second kappa shape index (κ2) is 4.30. The van der Waals surface area contributed by atoms with E-state index in [0.29, 0.717) is 6.10 Å². The highest BCUT2D eigenvalue weighted by Gasteiger charge is 2.53. The molecule has 0 aromatic carbocycles. The standard InChI is InChI=1S/C14H25NO/c1-9(16-2)8-15-14-7-10-6-13(14)12-5-3-4-11(10)12/h9-15H,3-8H2,1-2H3. The fourth-order valence-electron chi connectivity index (χ4n) is 4.70. The molecule has 0 saturated heterocycles. The van der Waals surface area contributed by atoms with Gasteiger partial charge in [-0.05, 0) is 56.3 Å². The highest BCUT2D eigenvalue weighted by Crippen LogP contribution is 2.58. The van der Waals surface area contributed by atoms with Crippen LogP contribution in [0.25, 0.3) is 0 Å². The van der Waals surface area contributed by atoms with Crippen LogP contribution >= 0.6 is 0 Å². The van der Waals surface area contributed by atoms with Gasteiger partial charge in [0.2, 0.25) is 0 Å². The Kier molecular flexibility index (Phi) is 2.97. The van der Waals surface area contributed by atoms with Crippen molar-refractivity contribution in [1.29, 1.82) is 0 Å². The van der Waals surface area contributed by atoms with E-state index in [1.165, 1.54) is 32.1 Å². The fourth-order valence-corrected chi connectivity index (χ4v) is 4.70. The molecule has 3 rings (SSSR count). The average Bonchev–Trinajstić information content (AvgIpc) is 2.96. The first kappa shape index (κ1) is 11.0. The van der Waals surface area contributed by atoms with Crippen LogP contribution in [0.1, 0.15) is 39.0 Å². The minimum Gasteiger partial charge on any atom is -0.380 e. The molecule has 92 valence electrons. The Bertz CT molecular complexity index is 255. The van der Waals surface area contributed by atoms with Crippen molar-refractivity contribution in [3.8, 4) is 0 Å². The van der Waals surface area contributed by atoms with E-state index in [-0.39, 0.29) is 0 Å². The molecule has 3 aliphatic carbocycles. The summed E-state index contributed by atoms with van der Waals surface area (Å²) in [7, 11) is 1.81. The fraction of sp³-hybridized carbons (Fsp3) is 1.00. The minimum absolute atomic E-state index is 0.360. The third-order valence-corrected chi connectivity index (χ3v) is 5.50. The number of fused-ring (bicyclic) bond motifs is 5. The van der Waals surface area contributed by atoms with Crippen LogP contribution in [0.15, 0.2) is 0 Å². The largest absolute Gasteiger partial charge is 0.380 e. The molecule has 6 unspecified atom stereocenters. The van der Waals surface area contributed by atoms with Crippen LogP contribution in [0, 0.1) is 23.7 Å². The number of nitrogens with one attached hydrogen (secondary N) is 1. The van der Waals surface area contributed by atoms with Crippen molar-refractivity contribution in [2.24, 2.45) is 23.7 Å². The SMILES string of the molecule is COC(C)CNC1CC2CC1C1CCCC21. The van der Waals surface area contributed by atoms with Gasteiger partial charge in [-0.15, -0.1) is 0 Å². The van der Waals surface area contributed by atoms with Crippen molar-refractivity contribution in [1.82, 2.24) is 5.32 Å². The molecule has 3 aliphatic rings. The number of hydrogen-bond acceptors (Lipinski definition) is 2. The molecule has 2 heteroatoms. The summed E-state index contributed by atoms with van der Waals surface area (Å²) in [5, 5.41) is 3.75. The maximum atomic E-state index is 5.31. The Morgan fingerprint density at radius 2 is 2.00 bits per heavy atom. The Morgan fingerprint density at radius 1 is 1.19 bits per heavy atom. The van der Waals surface area contributed by atoms with E-state index in [0.717, 1.165) is 36.3 Å². The number of ether oxygens (including phenoxy) is 1. The van der Waals surface area contributed by atoms with E-state index in [9.17, 15) is 0 Å². The molecule has 0 amide bonds. The molecule has 16 heavy (non-hydrogen) atoms. The van der Waals surface area contributed by atoms with Crippen molar-refractivity contribution in [2.75, 3.05) is 13.7 Å². The Hall–Kier alpha value is -0.0800. The molecule has 0 heterocycles. The first-order valence-corrected chi connectivity index (χ1v) is 7.05. The summed E-state index contributed by atoms with van der Waals surface area (Å²) >= 11 is 0. The molecule has 1 N–H and O–H groups in total. The van der Waals surface area contributed by atoms with E-state index >= 15 is 0 Å². The van der Waals surface area contributed by atoms with Crippen molar-refractivity contribution in [2.45, 2.75) is 51.2 Å². The first-order valence-electron chi connectivity index (χ1n) is 7.05. The predicted octanol–water partition coefficient (Wildman–Crippen LogP) is 2.44. The second-order valence-corrected chi connectivity index (χ2v) is 6.22. The highest BCUT2D eigenvalue weighted by atomic mass is 16.5. The summed E-state index contributed by atoms with van der Waals surface area (Å²) in [6.45, 7) is 3.18. The second-order valence-electron chi connectivity index (χ2n) is 6.22. The van der Waals surface area contributed by atoms with Gasteiger partial charge in [0.1, 0.15) is 0 Å². The number of methoxy groups -OCH3 is 1. The van der Waals surface area contributed by atoms with Crippen LogP contribution in [0.4, 0.5) is 0 Å². The third-order valence-electron chi connectivity index (χ3n) is 5.50. The summed E-state index contributed by atoms with van der Waals surface area (Å²) in [5.74, 6) is 4.26. The quantitative estimate of drug-likeness (QED) is 0.790. The maximum Gasteiger partial charge on any atom is 0.0667 e. The molecular weight excluding hydrogens is 198 g/mol. The summed E-state index contributed by atoms with van der Waals surface area (Å²) in [4.78, 5) is 0.